The molecule has 6 nitrogen and oxygen atoms in total. The second kappa shape index (κ2) is 6.21. The highest BCUT2D eigenvalue weighted by Crippen LogP contribution is 2.12. The second-order valence-electron chi connectivity index (χ2n) is 4.83. The second-order valence-corrected chi connectivity index (χ2v) is 4.83. The van der Waals surface area contributed by atoms with Crippen molar-refractivity contribution in [2.24, 2.45) is 0 Å². The van der Waals surface area contributed by atoms with E-state index in [-0.39, 0.29) is 5.91 Å². The average Bonchev–Trinajstić information content (AvgIpc) is 3.14. The fourth-order valence-corrected chi connectivity index (χ4v) is 2.24. The summed E-state index contributed by atoms with van der Waals surface area (Å²) in [6, 6.07) is 7.99. The van der Waals surface area contributed by atoms with Crippen molar-refractivity contribution in [3.63, 3.8) is 0 Å². The fourth-order valence-electron chi connectivity index (χ4n) is 2.24. The van der Waals surface area contributed by atoms with E-state index in [2.05, 4.69) is 15.4 Å². The number of carbonyl (C=O) groups is 1. The third-order valence-corrected chi connectivity index (χ3v) is 3.35. The number of nitrogens with one attached hydrogen (secondary N) is 1. The van der Waals surface area contributed by atoms with Gasteiger partial charge in [-0.25, -0.2) is 4.98 Å². The summed E-state index contributed by atoms with van der Waals surface area (Å²) in [4.78, 5) is 15.8. The molecule has 1 aromatic carbocycles. The molecule has 108 valence electrons. The minimum Gasteiger partial charge on any atom is -0.354 e. The molecule has 0 unspecified atom stereocenters. The summed E-state index contributed by atoms with van der Waals surface area (Å²) in [7, 11) is 0. The number of carbonyl (C=O) groups excluding carboxylic acids is 1. The van der Waals surface area contributed by atoms with Crippen molar-refractivity contribution >= 4 is 16.8 Å². The molecule has 0 spiro atoms. The van der Waals surface area contributed by atoms with Crippen molar-refractivity contribution in [2.45, 2.75) is 19.5 Å². The summed E-state index contributed by atoms with van der Waals surface area (Å²) in [5.74, 6) is 0.0368. The van der Waals surface area contributed by atoms with Crippen LogP contribution in [0.4, 0.5) is 0 Å². The molecule has 1 N–H and O–H groups in total. The van der Waals surface area contributed by atoms with E-state index in [4.69, 9.17) is 0 Å². The van der Waals surface area contributed by atoms with Gasteiger partial charge in [0.05, 0.1) is 24.6 Å². The first-order chi connectivity index (χ1) is 10.3. The summed E-state index contributed by atoms with van der Waals surface area (Å²) in [6.45, 7) is 1.93. The lowest BCUT2D eigenvalue weighted by molar-refractivity contribution is -0.121. The lowest BCUT2D eigenvalue weighted by Crippen LogP contribution is -2.27. The van der Waals surface area contributed by atoms with E-state index in [1.807, 2.05) is 45.9 Å². The van der Waals surface area contributed by atoms with Crippen LogP contribution in [0.1, 0.15) is 6.42 Å². The van der Waals surface area contributed by atoms with E-state index in [0.717, 1.165) is 17.4 Å². The Kier molecular flexibility index (Phi) is 3.95. The van der Waals surface area contributed by atoms with Crippen molar-refractivity contribution in [2.75, 3.05) is 6.54 Å². The van der Waals surface area contributed by atoms with E-state index in [0.29, 0.717) is 19.5 Å². The Labute approximate surface area is 122 Å². The van der Waals surface area contributed by atoms with Gasteiger partial charge in [0.15, 0.2) is 0 Å². The average molecular weight is 283 g/mol. The molecule has 0 aliphatic rings. The van der Waals surface area contributed by atoms with Gasteiger partial charge in [-0.05, 0) is 6.07 Å². The molecule has 0 radical (unpaired) electrons. The van der Waals surface area contributed by atoms with Crippen LogP contribution in [0.2, 0.25) is 0 Å². The highest BCUT2D eigenvalue weighted by atomic mass is 16.1. The molecule has 0 aliphatic carbocycles. The molecule has 1 amide bonds. The molecule has 21 heavy (non-hydrogen) atoms. The number of imidazole rings is 1. The molecule has 3 aromatic rings. The minimum atomic E-state index is 0.0368. The molecule has 0 aliphatic heterocycles. The van der Waals surface area contributed by atoms with Crippen molar-refractivity contribution in [1.29, 1.82) is 0 Å². The molecule has 2 aromatic heterocycles. The minimum absolute atomic E-state index is 0.0368. The number of amides is 1. The zero-order valence-electron chi connectivity index (χ0n) is 11.6. The Morgan fingerprint density at radius 1 is 1.24 bits per heavy atom. The van der Waals surface area contributed by atoms with Crippen LogP contribution in [0.15, 0.2) is 49.2 Å². The van der Waals surface area contributed by atoms with E-state index >= 15 is 0 Å². The standard InChI is InChI=1S/C15H17N5O/c21-15(17-7-10-19-9-6-16-12-19)5-8-20-14-4-2-1-3-13(14)11-18-20/h1-4,6,9,11-12H,5,7-8,10H2,(H,17,21). The van der Waals surface area contributed by atoms with Crippen LogP contribution in [-0.2, 0) is 17.9 Å². The summed E-state index contributed by atoms with van der Waals surface area (Å²) in [5, 5.41) is 8.31. The van der Waals surface area contributed by atoms with Crippen molar-refractivity contribution < 1.29 is 4.79 Å². The number of hydrogen-bond donors (Lipinski definition) is 1. The summed E-state index contributed by atoms with van der Waals surface area (Å²) in [5.41, 5.74) is 1.06. The highest BCUT2D eigenvalue weighted by Gasteiger charge is 2.05. The molecule has 0 atom stereocenters. The van der Waals surface area contributed by atoms with E-state index in [1.54, 1.807) is 12.5 Å². The van der Waals surface area contributed by atoms with Crippen LogP contribution in [-0.4, -0.2) is 31.8 Å². The molecule has 6 heteroatoms. The number of nitrogens with zero attached hydrogens (tertiary/aromatic N) is 4. The van der Waals surface area contributed by atoms with Crippen LogP contribution < -0.4 is 5.32 Å². The zero-order chi connectivity index (χ0) is 14.5. The Hall–Kier alpha value is -2.63. The van der Waals surface area contributed by atoms with Gasteiger partial charge in [-0.2, -0.15) is 5.10 Å². The number of aryl methyl sites for hydroxylation is 1. The predicted molar refractivity (Wildman–Crippen MR) is 79.6 cm³/mol. The normalized spacial score (nSPS) is 10.9. The summed E-state index contributed by atoms with van der Waals surface area (Å²) < 4.78 is 3.80. The summed E-state index contributed by atoms with van der Waals surface area (Å²) in [6.07, 6.45) is 7.59. The topological polar surface area (TPSA) is 64.7 Å². The van der Waals surface area contributed by atoms with Gasteiger partial charge >= 0.3 is 0 Å². The molecule has 0 fully saturated rings. The molecule has 3 rings (SSSR count). The maximum absolute atomic E-state index is 11.8. The highest BCUT2D eigenvalue weighted by molar-refractivity contribution is 5.79. The Morgan fingerprint density at radius 2 is 2.14 bits per heavy atom. The number of hydrogen-bond acceptors (Lipinski definition) is 3. The molecule has 0 bridgehead atoms. The summed E-state index contributed by atoms with van der Waals surface area (Å²) >= 11 is 0. The van der Waals surface area contributed by atoms with Gasteiger partial charge in [-0.3, -0.25) is 9.48 Å². The van der Waals surface area contributed by atoms with Gasteiger partial charge in [0, 0.05) is 37.3 Å². The third-order valence-electron chi connectivity index (χ3n) is 3.35. The first kappa shape index (κ1) is 13.4. The van der Waals surface area contributed by atoms with Gasteiger partial charge < -0.3 is 9.88 Å². The molecular formula is C15H17N5O. The fraction of sp³-hybridized carbons (Fsp3) is 0.267. The van der Waals surface area contributed by atoms with Gasteiger partial charge in [0.1, 0.15) is 0 Å². The monoisotopic (exact) mass is 283 g/mol. The lowest BCUT2D eigenvalue weighted by Gasteiger charge is -2.06. The molecular weight excluding hydrogens is 266 g/mol. The number of fused-ring (bicyclic) bond motifs is 1. The Morgan fingerprint density at radius 3 is 3.00 bits per heavy atom. The Balaban J connectivity index is 1.47. The lowest BCUT2D eigenvalue weighted by atomic mass is 10.2. The third kappa shape index (κ3) is 3.28. The van der Waals surface area contributed by atoms with Crippen molar-refractivity contribution in [3.8, 4) is 0 Å². The molecule has 0 saturated heterocycles. The van der Waals surface area contributed by atoms with Crippen LogP contribution in [0.5, 0.6) is 0 Å². The number of rotatable bonds is 6. The van der Waals surface area contributed by atoms with Gasteiger partial charge in [0.2, 0.25) is 5.91 Å². The van der Waals surface area contributed by atoms with E-state index in [1.165, 1.54) is 0 Å². The number of para-hydroxylation sites is 1. The van der Waals surface area contributed by atoms with E-state index < -0.39 is 0 Å². The molecule has 2 heterocycles. The first-order valence-electron chi connectivity index (χ1n) is 6.96. The number of benzene rings is 1. The van der Waals surface area contributed by atoms with Crippen LogP contribution >= 0.6 is 0 Å². The van der Waals surface area contributed by atoms with E-state index in [9.17, 15) is 4.79 Å². The first-order valence-corrected chi connectivity index (χ1v) is 6.96. The van der Waals surface area contributed by atoms with Crippen LogP contribution in [0.25, 0.3) is 10.9 Å². The Bertz CT molecular complexity index is 717. The maximum Gasteiger partial charge on any atom is 0.221 e. The number of aromatic nitrogens is 4. The molecule has 0 saturated carbocycles. The van der Waals surface area contributed by atoms with Crippen molar-refractivity contribution in [1.82, 2.24) is 24.6 Å². The van der Waals surface area contributed by atoms with Gasteiger partial charge in [-0.15, -0.1) is 0 Å². The van der Waals surface area contributed by atoms with Crippen LogP contribution in [0, 0.1) is 0 Å². The van der Waals surface area contributed by atoms with Crippen molar-refractivity contribution in [3.05, 3.63) is 49.2 Å². The maximum atomic E-state index is 11.8. The SMILES string of the molecule is O=C(CCn1ncc2ccccc21)NCCn1ccnc1. The van der Waals surface area contributed by atoms with Crippen LogP contribution in [0.3, 0.4) is 0 Å². The van der Waals surface area contributed by atoms with Gasteiger partial charge in [-0.1, -0.05) is 18.2 Å². The predicted octanol–water partition coefficient (Wildman–Crippen LogP) is 1.44. The quantitative estimate of drug-likeness (QED) is 0.744. The zero-order valence-corrected chi connectivity index (χ0v) is 11.6. The smallest absolute Gasteiger partial charge is 0.221 e. The van der Waals surface area contributed by atoms with Gasteiger partial charge in [0.25, 0.3) is 0 Å². The largest absolute Gasteiger partial charge is 0.354 e.